The lowest BCUT2D eigenvalue weighted by Gasteiger charge is -2.25. The lowest BCUT2D eigenvalue weighted by molar-refractivity contribution is -0.870. The number of aliphatic hydroxyl groups excluding tert-OH is 1. The number of hydrogen-bond donors (Lipinski definition) is 3. The van der Waals surface area contributed by atoms with Crippen LogP contribution in [0.4, 0.5) is 0 Å². The first-order valence-electron chi connectivity index (χ1n) is 35.9. The van der Waals surface area contributed by atoms with Gasteiger partial charge in [-0.1, -0.05) is 313 Å². The fraction of sp³-hybridized carbons (Fsp3) is 0.658. The van der Waals surface area contributed by atoms with Crippen LogP contribution in [-0.4, -0.2) is 73.4 Å². The third-order valence-corrected chi connectivity index (χ3v) is 16.2. The normalized spacial score (nSPS) is 14.6. The molecule has 0 saturated carbocycles. The maximum absolute atomic E-state index is 13.1. The number of phosphoric acid groups is 1. The minimum atomic E-state index is -4.38. The van der Waals surface area contributed by atoms with Gasteiger partial charge in [0.25, 0.3) is 0 Å². The molecule has 0 heterocycles. The number of nitrogens with zero attached hydrogens (tertiary/aromatic N) is 1. The van der Waals surface area contributed by atoms with Crippen molar-refractivity contribution in [3.63, 3.8) is 0 Å². The average molecular weight is 1240 g/mol. The molecule has 0 aliphatic rings. The Balaban J connectivity index is 4.17. The fourth-order valence-electron chi connectivity index (χ4n) is 9.69. The van der Waals surface area contributed by atoms with Crippen molar-refractivity contribution in [1.29, 1.82) is 0 Å². The molecule has 0 aromatic carbocycles. The molecule has 88 heavy (non-hydrogen) atoms. The summed E-state index contributed by atoms with van der Waals surface area (Å²) in [6.45, 7) is 4.67. The Morgan fingerprint density at radius 2 is 0.693 bits per heavy atom. The number of quaternary nitrogens is 1. The molecular formula is C79H136N2O6P+. The number of rotatable bonds is 64. The summed E-state index contributed by atoms with van der Waals surface area (Å²) >= 11 is 0. The number of phosphoric ester groups is 1. The molecule has 0 spiro atoms. The van der Waals surface area contributed by atoms with Gasteiger partial charge in [-0.05, 0) is 122 Å². The van der Waals surface area contributed by atoms with Gasteiger partial charge in [-0.2, -0.15) is 0 Å². The Labute approximate surface area is 543 Å². The molecule has 0 fully saturated rings. The molecule has 3 N–H and O–H groups in total. The highest BCUT2D eigenvalue weighted by molar-refractivity contribution is 7.47. The molecule has 0 aliphatic heterocycles. The zero-order chi connectivity index (χ0) is 64.1. The van der Waals surface area contributed by atoms with E-state index in [1.165, 1.54) is 148 Å². The highest BCUT2D eigenvalue weighted by atomic mass is 31.2. The number of nitrogens with one attached hydrogen (secondary N) is 1. The van der Waals surface area contributed by atoms with Gasteiger partial charge in [-0.15, -0.1) is 0 Å². The Hall–Kier alpha value is -3.88. The third-order valence-electron chi connectivity index (χ3n) is 15.2. The maximum atomic E-state index is 13.1. The van der Waals surface area contributed by atoms with Crippen LogP contribution < -0.4 is 5.32 Å². The van der Waals surface area contributed by atoms with E-state index in [-0.39, 0.29) is 19.1 Å². The molecule has 0 radical (unpaired) electrons. The van der Waals surface area contributed by atoms with Gasteiger partial charge < -0.3 is 19.8 Å². The molecule has 0 bridgehead atoms. The van der Waals surface area contributed by atoms with E-state index in [0.29, 0.717) is 17.4 Å². The van der Waals surface area contributed by atoms with Crippen molar-refractivity contribution < 1.29 is 32.9 Å². The monoisotopic (exact) mass is 1240 g/mol. The molecule has 502 valence electrons. The molecule has 0 saturated heterocycles. The number of unbranched alkanes of at least 4 members (excludes halogenated alkanes) is 27. The van der Waals surface area contributed by atoms with Crippen LogP contribution in [0.2, 0.25) is 0 Å². The van der Waals surface area contributed by atoms with Crippen LogP contribution in [0, 0.1) is 0 Å². The van der Waals surface area contributed by atoms with Crippen molar-refractivity contribution in [2.75, 3.05) is 40.9 Å². The van der Waals surface area contributed by atoms with Crippen molar-refractivity contribution in [2.45, 2.75) is 296 Å². The quantitative estimate of drug-likeness (QED) is 0.0243. The number of likely N-dealkylation sites (N-methyl/N-ethyl adjacent to an activating group) is 1. The van der Waals surface area contributed by atoms with Crippen LogP contribution in [0.25, 0.3) is 0 Å². The summed E-state index contributed by atoms with van der Waals surface area (Å²) in [4.78, 5) is 23.4. The predicted octanol–water partition coefficient (Wildman–Crippen LogP) is 23.3. The number of carbonyl (C=O) groups is 1. The molecule has 0 aromatic heterocycles. The third kappa shape index (κ3) is 69.6. The van der Waals surface area contributed by atoms with Crippen LogP contribution >= 0.6 is 7.82 Å². The van der Waals surface area contributed by atoms with Crippen molar-refractivity contribution in [3.05, 3.63) is 158 Å². The summed E-state index contributed by atoms with van der Waals surface area (Å²) in [5.41, 5.74) is 0. The van der Waals surface area contributed by atoms with Gasteiger partial charge in [0.15, 0.2) is 0 Å². The Morgan fingerprint density at radius 1 is 0.398 bits per heavy atom. The summed E-state index contributed by atoms with van der Waals surface area (Å²) in [6.07, 6.45) is 105. The van der Waals surface area contributed by atoms with Crippen molar-refractivity contribution >= 4 is 13.7 Å². The van der Waals surface area contributed by atoms with Crippen LogP contribution in [0.3, 0.4) is 0 Å². The first-order chi connectivity index (χ1) is 43.0. The second kappa shape index (κ2) is 67.5. The van der Waals surface area contributed by atoms with E-state index < -0.39 is 20.0 Å². The van der Waals surface area contributed by atoms with E-state index in [0.717, 1.165) is 116 Å². The minimum Gasteiger partial charge on any atom is -0.387 e. The predicted molar refractivity (Wildman–Crippen MR) is 387 cm³/mol. The summed E-state index contributed by atoms with van der Waals surface area (Å²) in [5.74, 6) is -0.200. The highest BCUT2D eigenvalue weighted by Gasteiger charge is 2.28. The molecule has 8 nitrogen and oxygen atoms in total. The minimum absolute atomic E-state index is 0.0455. The van der Waals surface area contributed by atoms with E-state index in [2.05, 4.69) is 165 Å². The number of hydrogen-bond acceptors (Lipinski definition) is 5. The van der Waals surface area contributed by atoms with Crippen molar-refractivity contribution in [2.24, 2.45) is 0 Å². The van der Waals surface area contributed by atoms with E-state index in [9.17, 15) is 19.4 Å². The average Bonchev–Trinajstić information content (AvgIpc) is 3.71. The fourth-order valence-corrected chi connectivity index (χ4v) is 10.4. The van der Waals surface area contributed by atoms with Gasteiger partial charge in [0, 0.05) is 6.42 Å². The first-order valence-corrected chi connectivity index (χ1v) is 37.4. The Morgan fingerprint density at radius 3 is 1.05 bits per heavy atom. The van der Waals surface area contributed by atoms with Gasteiger partial charge in [0.1, 0.15) is 13.2 Å². The van der Waals surface area contributed by atoms with Gasteiger partial charge in [-0.3, -0.25) is 13.8 Å². The Kier molecular flexibility index (Phi) is 64.5. The number of amides is 1. The lowest BCUT2D eigenvalue weighted by atomic mass is 10.0. The topological polar surface area (TPSA) is 105 Å². The molecule has 3 atom stereocenters. The van der Waals surface area contributed by atoms with Gasteiger partial charge in [-0.25, -0.2) is 4.57 Å². The summed E-state index contributed by atoms with van der Waals surface area (Å²) < 4.78 is 23.8. The standard InChI is InChI=1S/C79H135N2O6P/c1-6-8-10-12-14-16-18-20-22-24-26-28-30-32-33-34-35-36-37-38-39-40-41-42-43-44-45-46-47-49-51-53-55-57-59-61-63-65-67-69-71-73-79(83)80-77(76-87-88(84,85)86-75-74-81(3,4)5)78(82)72-70-68-66-64-62-60-58-56-54-52-50-48-31-29-27-25-23-21-19-17-15-13-11-9-7-2/h8,10,14,16,20,22,26,28,32-33,35-36,38-39,41-42,44-45,47,49,54,56,62,64,70,72,77-78,82H,6-7,9,11-13,15,17-19,21,23-25,27,29-31,34,37,40,43,46,48,50-53,55,57-61,63,65-69,71,73-76H2,1-5H3,(H-,80,83,84,85)/p+1/b10-8-,16-14-,22-20-,28-26-,33-32-,36-35-,39-38-,42-41-,45-44-,49-47-,56-54+,64-62+,72-70+. The molecule has 9 heteroatoms. The number of allylic oxidation sites excluding steroid dienone is 25. The molecule has 1 amide bonds. The van der Waals surface area contributed by atoms with Crippen LogP contribution in [0.1, 0.15) is 284 Å². The zero-order valence-corrected chi connectivity index (χ0v) is 58.3. The zero-order valence-electron chi connectivity index (χ0n) is 57.4. The van der Waals surface area contributed by atoms with Crippen molar-refractivity contribution in [3.8, 4) is 0 Å². The van der Waals surface area contributed by atoms with Crippen molar-refractivity contribution in [1.82, 2.24) is 5.32 Å². The smallest absolute Gasteiger partial charge is 0.387 e. The summed E-state index contributed by atoms with van der Waals surface area (Å²) in [6, 6.07) is -0.885. The van der Waals surface area contributed by atoms with Gasteiger partial charge >= 0.3 is 7.82 Å². The van der Waals surface area contributed by atoms with Gasteiger partial charge in [0.05, 0.1) is 39.9 Å². The van der Waals surface area contributed by atoms with E-state index >= 15 is 0 Å². The number of aliphatic hydroxyl groups is 1. The number of carbonyl (C=O) groups excluding carboxylic acids is 1. The maximum Gasteiger partial charge on any atom is 0.472 e. The van der Waals surface area contributed by atoms with Crippen LogP contribution in [0.5, 0.6) is 0 Å². The SMILES string of the molecule is CC/C=C\C/C=C\C/C=C\C/C=C\C/C=C\C/C=C\C/C=C\C/C=C\C/C=C\C/C=C\CCCCCCCCCCCCC(=O)NC(COP(=O)(O)OCC[N+](C)(C)C)C(O)/C=C/CC/C=C/CC/C=C/CCCCCCCCCCCCCCCCC. The summed E-state index contributed by atoms with van der Waals surface area (Å²) in [7, 11) is 1.53. The second-order valence-electron chi connectivity index (χ2n) is 24.9. The molecular weight excluding hydrogens is 1100 g/mol. The first kappa shape index (κ1) is 84.1. The molecule has 0 rings (SSSR count). The second-order valence-corrected chi connectivity index (χ2v) is 26.3. The van der Waals surface area contributed by atoms with E-state index in [4.69, 9.17) is 9.05 Å². The van der Waals surface area contributed by atoms with Crippen LogP contribution in [-0.2, 0) is 18.4 Å². The molecule has 0 aromatic rings. The highest BCUT2D eigenvalue weighted by Crippen LogP contribution is 2.43. The largest absolute Gasteiger partial charge is 0.472 e. The van der Waals surface area contributed by atoms with E-state index in [1.54, 1.807) is 6.08 Å². The van der Waals surface area contributed by atoms with Crippen LogP contribution in [0.15, 0.2) is 158 Å². The molecule has 0 aliphatic carbocycles. The lowest BCUT2D eigenvalue weighted by Crippen LogP contribution is -2.45. The Bertz CT molecular complexity index is 1990. The van der Waals surface area contributed by atoms with E-state index in [1.807, 2.05) is 27.2 Å². The summed E-state index contributed by atoms with van der Waals surface area (Å²) in [5, 5.41) is 14.0. The molecule has 3 unspecified atom stereocenters. The van der Waals surface area contributed by atoms with Gasteiger partial charge in [0.2, 0.25) is 5.91 Å².